The third kappa shape index (κ3) is 3.38. The van der Waals surface area contributed by atoms with Gasteiger partial charge in [-0.2, -0.15) is 0 Å². The van der Waals surface area contributed by atoms with Gasteiger partial charge in [-0.15, -0.1) is 0 Å². The fourth-order valence-corrected chi connectivity index (χ4v) is 2.58. The van der Waals surface area contributed by atoms with Crippen molar-refractivity contribution >= 4 is 10.0 Å². The molecule has 106 valence electrons. The molecule has 7 heteroatoms. The summed E-state index contributed by atoms with van der Waals surface area (Å²) < 4.78 is 26.8. The molecule has 0 atom stereocenters. The molecule has 0 radical (unpaired) electrons. The normalized spacial score (nSPS) is 11.5. The monoisotopic (exact) mass is 292 g/mol. The van der Waals surface area contributed by atoms with Crippen LogP contribution in [0.1, 0.15) is 16.8 Å². The summed E-state index contributed by atoms with van der Waals surface area (Å²) in [5.74, 6) is 0. The molecule has 3 N–H and O–H groups in total. The van der Waals surface area contributed by atoms with Crippen molar-refractivity contribution < 1.29 is 8.42 Å². The molecule has 0 aliphatic heterocycles. The lowest BCUT2D eigenvalue weighted by molar-refractivity contribution is 0.580. The third-order valence-electron chi connectivity index (χ3n) is 2.92. The summed E-state index contributed by atoms with van der Waals surface area (Å²) in [6.07, 6.45) is 4.62. The summed E-state index contributed by atoms with van der Waals surface area (Å²) in [5.41, 5.74) is 7.89. The number of rotatable bonds is 5. The van der Waals surface area contributed by atoms with Crippen LogP contribution in [0.25, 0.3) is 0 Å². The maximum absolute atomic E-state index is 12.1. The summed E-state index contributed by atoms with van der Waals surface area (Å²) >= 11 is 0. The summed E-state index contributed by atoms with van der Waals surface area (Å²) in [4.78, 5) is 8.08. The number of hydrogen-bond donors (Lipinski definition) is 2. The quantitative estimate of drug-likeness (QED) is 0.846. The average Bonchev–Trinajstić information content (AvgIpc) is 2.46. The molecule has 0 unspecified atom stereocenters. The highest BCUT2D eigenvalue weighted by atomic mass is 32.2. The highest BCUT2D eigenvalue weighted by molar-refractivity contribution is 7.89. The van der Waals surface area contributed by atoms with Gasteiger partial charge < -0.3 is 5.73 Å². The van der Waals surface area contributed by atoms with Crippen molar-refractivity contribution in [2.24, 2.45) is 5.73 Å². The van der Waals surface area contributed by atoms with E-state index in [1.807, 2.05) is 13.0 Å². The fourth-order valence-electron chi connectivity index (χ4n) is 1.63. The van der Waals surface area contributed by atoms with Gasteiger partial charge in [0.15, 0.2) is 0 Å². The van der Waals surface area contributed by atoms with Gasteiger partial charge in [0.05, 0.1) is 5.69 Å². The minimum absolute atomic E-state index is 0.122. The Hall–Kier alpha value is -1.83. The molecule has 2 aromatic rings. The van der Waals surface area contributed by atoms with Crippen LogP contribution in [0.2, 0.25) is 0 Å². The minimum atomic E-state index is -3.58. The average molecular weight is 292 g/mol. The van der Waals surface area contributed by atoms with Gasteiger partial charge in [-0.25, -0.2) is 13.1 Å². The first-order chi connectivity index (χ1) is 9.53. The van der Waals surface area contributed by atoms with Crippen LogP contribution in [0.3, 0.4) is 0 Å². The fraction of sp³-hybridized carbons (Fsp3) is 0.231. The van der Waals surface area contributed by atoms with Gasteiger partial charge >= 0.3 is 0 Å². The van der Waals surface area contributed by atoms with Crippen molar-refractivity contribution in [3.05, 3.63) is 53.6 Å². The topological polar surface area (TPSA) is 98.0 Å². The van der Waals surface area contributed by atoms with E-state index in [4.69, 9.17) is 5.73 Å². The lowest BCUT2D eigenvalue weighted by Crippen LogP contribution is -2.24. The second-order valence-electron chi connectivity index (χ2n) is 4.32. The van der Waals surface area contributed by atoms with Crippen molar-refractivity contribution in [3.8, 4) is 0 Å². The van der Waals surface area contributed by atoms with Gasteiger partial charge in [0.25, 0.3) is 0 Å². The van der Waals surface area contributed by atoms with E-state index in [9.17, 15) is 8.42 Å². The molecule has 0 aromatic carbocycles. The maximum atomic E-state index is 12.1. The summed E-state index contributed by atoms with van der Waals surface area (Å²) in [5, 5.41) is 0. The molecule has 0 spiro atoms. The van der Waals surface area contributed by atoms with Crippen LogP contribution in [0.4, 0.5) is 0 Å². The Bertz CT molecular complexity index is 684. The van der Waals surface area contributed by atoms with Gasteiger partial charge in [0.2, 0.25) is 10.0 Å². The Morgan fingerprint density at radius 2 is 2.05 bits per heavy atom. The van der Waals surface area contributed by atoms with E-state index < -0.39 is 10.0 Å². The highest BCUT2D eigenvalue weighted by Gasteiger charge is 2.14. The van der Waals surface area contributed by atoms with Gasteiger partial charge in [0.1, 0.15) is 4.90 Å². The van der Waals surface area contributed by atoms with Crippen molar-refractivity contribution in [1.82, 2.24) is 14.7 Å². The number of hydrogen-bond acceptors (Lipinski definition) is 5. The second kappa shape index (κ2) is 6.08. The first kappa shape index (κ1) is 14.6. The van der Waals surface area contributed by atoms with Crippen LogP contribution in [0.5, 0.6) is 0 Å². The van der Waals surface area contributed by atoms with Crippen molar-refractivity contribution in [1.29, 1.82) is 0 Å². The van der Waals surface area contributed by atoms with Gasteiger partial charge in [-0.05, 0) is 36.2 Å². The van der Waals surface area contributed by atoms with E-state index in [2.05, 4.69) is 14.7 Å². The zero-order valence-corrected chi connectivity index (χ0v) is 11.9. The molecule has 0 bridgehead atoms. The molecule has 20 heavy (non-hydrogen) atoms. The smallest absolute Gasteiger partial charge is 0.242 e. The molecule has 2 aromatic heterocycles. The first-order valence-corrected chi connectivity index (χ1v) is 7.55. The Morgan fingerprint density at radius 1 is 1.25 bits per heavy atom. The summed E-state index contributed by atoms with van der Waals surface area (Å²) in [6, 6.07) is 4.93. The van der Waals surface area contributed by atoms with Gasteiger partial charge in [-0.1, -0.05) is 0 Å². The summed E-state index contributed by atoms with van der Waals surface area (Å²) in [6.45, 7) is 2.38. The Morgan fingerprint density at radius 3 is 2.65 bits per heavy atom. The van der Waals surface area contributed by atoms with Gasteiger partial charge in [0, 0.05) is 31.7 Å². The number of sulfonamides is 1. The number of nitrogens with zero attached hydrogens (tertiary/aromatic N) is 2. The van der Waals surface area contributed by atoms with E-state index >= 15 is 0 Å². The van der Waals surface area contributed by atoms with E-state index in [1.165, 1.54) is 12.3 Å². The molecular formula is C13H16N4O2S. The van der Waals surface area contributed by atoms with Crippen LogP contribution in [-0.2, 0) is 23.1 Å². The zero-order valence-electron chi connectivity index (χ0n) is 11.1. The largest absolute Gasteiger partial charge is 0.325 e. The summed E-state index contributed by atoms with van der Waals surface area (Å²) in [7, 11) is -3.58. The molecule has 0 fully saturated rings. The van der Waals surface area contributed by atoms with Crippen molar-refractivity contribution in [2.75, 3.05) is 0 Å². The van der Waals surface area contributed by atoms with Crippen LogP contribution in [0.15, 0.2) is 41.7 Å². The number of nitrogens with two attached hydrogens (primary N) is 1. The molecule has 0 saturated heterocycles. The lowest BCUT2D eigenvalue weighted by Gasteiger charge is -2.08. The first-order valence-electron chi connectivity index (χ1n) is 6.07. The zero-order chi connectivity index (χ0) is 14.6. The molecule has 0 saturated carbocycles. The molecule has 2 rings (SSSR count). The van der Waals surface area contributed by atoms with Crippen LogP contribution in [0, 0.1) is 6.92 Å². The number of nitrogens with one attached hydrogen (secondary N) is 1. The predicted molar refractivity (Wildman–Crippen MR) is 75.1 cm³/mol. The maximum Gasteiger partial charge on any atom is 0.242 e. The lowest BCUT2D eigenvalue weighted by atomic mass is 10.2. The van der Waals surface area contributed by atoms with E-state index in [0.717, 1.165) is 11.1 Å². The predicted octanol–water partition coefficient (Wildman–Crippen LogP) is 0.722. The Labute approximate surface area is 118 Å². The van der Waals surface area contributed by atoms with E-state index in [-0.39, 0.29) is 18.0 Å². The molecule has 0 amide bonds. The van der Waals surface area contributed by atoms with Crippen LogP contribution < -0.4 is 10.5 Å². The van der Waals surface area contributed by atoms with E-state index in [1.54, 1.807) is 18.5 Å². The minimum Gasteiger partial charge on any atom is -0.325 e. The highest BCUT2D eigenvalue weighted by Crippen LogP contribution is 2.10. The standard InChI is InChI=1S/C13H16N4O2S/c1-10-4-5-15-7-11(10)8-17-20(18,19)13-3-2-12(6-14)16-9-13/h2-5,7,9,17H,6,8,14H2,1H3. The molecule has 2 heterocycles. The molecule has 6 nitrogen and oxygen atoms in total. The van der Waals surface area contributed by atoms with Crippen LogP contribution in [-0.4, -0.2) is 18.4 Å². The SMILES string of the molecule is Cc1ccncc1CNS(=O)(=O)c1ccc(CN)nc1. The third-order valence-corrected chi connectivity index (χ3v) is 4.30. The van der Waals surface area contributed by atoms with Crippen LogP contribution >= 0.6 is 0 Å². The number of pyridine rings is 2. The van der Waals surface area contributed by atoms with Crippen molar-refractivity contribution in [3.63, 3.8) is 0 Å². The number of aromatic nitrogens is 2. The Kier molecular flexibility index (Phi) is 4.43. The van der Waals surface area contributed by atoms with Gasteiger partial charge in [-0.3, -0.25) is 9.97 Å². The number of aryl methyl sites for hydroxylation is 1. The Balaban J connectivity index is 2.13. The second-order valence-corrected chi connectivity index (χ2v) is 6.08. The molecule has 0 aliphatic carbocycles. The molecule has 0 aliphatic rings. The van der Waals surface area contributed by atoms with E-state index in [0.29, 0.717) is 5.69 Å². The van der Waals surface area contributed by atoms with Crippen molar-refractivity contribution in [2.45, 2.75) is 24.9 Å². The molecular weight excluding hydrogens is 276 g/mol.